The predicted molar refractivity (Wildman–Crippen MR) is 86.2 cm³/mol. The third kappa shape index (κ3) is 2.75. The average molecular weight is 314 g/mol. The summed E-state index contributed by atoms with van der Waals surface area (Å²) < 4.78 is 1.30. The number of benzene rings is 1. The van der Waals surface area contributed by atoms with Crippen molar-refractivity contribution in [2.75, 3.05) is 5.32 Å². The molecule has 0 fully saturated rings. The number of carbonyl (C=O) groups excluding carboxylic acids is 1. The number of amides is 1. The van der Waals surface area contributed by atoms with Gasteiger partial charge in [-0.2, -0.15) is 0 Å². The number of nitrogens with zero attached hydrogens (tertiary/aromatic N) is 3. The van der Waals surface area contributed by atoms with Gasteiger partial charge < -0.3 is 5.32 Å². The lowest BCUT2D eigenvalue weighted by Crippen LogP contribution is -2.28. The lowest BCUT2D eigenvalue weighted by Gasteiger charge is -2.07. The Morgan fingerprint density at radius 1 is 1.36 bits per heavy atom. The van der Waals surface area contributed by atoms with Crippen molar-refractivity contribution in [3.05, 3.63) is 51.5 Å². The highest BCUT2D eigenvalue weighted by atomic mass is 32.1. The highest BCUT2D eigenvalue weighted by molar-refractivity contribution is 7.13. The summed E-state index contributed by atoms with van der Waals surface area (Å²) in [6.07, 6.45) is 1.41. The highest BCUT2D eigenvalue weighted by Crippen LogP contribution is 2.14. The van der Waals surface area contributed by atoms with Gasteiger partial charge in [0.05, 0.1) is 22.9 Å². The van der Waals surface area contributed by atoms with E-state index in [1.165, 1.54) is 22.2 Å². The van der Waals surface area contributed by atoms with Gasteiger partial charge in [0.1, 0.15) is 6.54 Å². The average Bonchev–Trinajstić information content (AvgIpc) is 2.88. The summed E-state index contributed by atoms with van der Waals surface area (Å²) in [5.41, 5.74) is 2.23. The van der Waals surface area contributed by atoms with Gasteiger partial charge in [0, 0.05) is 5.38 Å². The van der Waals surface area contributed by atoms with Gasteiger partial charge in [0.15, 0.2) is 5.13 Å². The standard InChI is InChI=1S/C15H14N4O2S/c1-9-4-3-5-11-13(9)16-8-19(14(11)21)6-12(20)18-15-17-10(2)7-22-15/h3-5,7-8H,6H2,1-2H3,(H,17,18,20). The van der Waals surface area contributed by atoms with E-state index in [0.29, 0.717) is 16.0 Å². The minimum atomic E-state index is -0.301. The van der Waals surface area contributed by atoms with Crippen LogP contribution in [0.25, 0.3) is 10.9 Å². The molecule has 3 aromatic rings. The lowest BCUT2D eigenvalue weighted by atomic mass is 10.1. The zero-order valence-electron chi connectivity index (χ0n) is 12.2. The molecule has 2 heterocycles. The number of rotatable bonds is 3. The molecule has 1 aromatic carbocycles. The van der Waals surface area contributed by atoms with Crippen molar-refractivity contribution in [3.63, 3.8) is 0 Å². The third-order valence-electron chi connectivity index (χ3n) is 3.23. The van der Waals surface area contributed by atoms with Crippen LogP contribution in [0.5, 0.6) is 0 Å². The van der Waals surface area contributed by atoms with E-state index < -0.39 is 0 Å². The van der Waals surface area contributed by atoms with Crippen LogP contribution < -0.4 is 10.9 Å². The second-order valence-corrected chi connectivity index (χ2v) is 5.85. The molecule has 7 heteroatoms. The Morgan fingerprint density at radius 2 is 2.18 bits per heavy atom. The minimum absolute atomic E-state index is 0.0889. The number of nitrogens with one attached hydrogen (secondary N) is 1. The van der Waals surface area contributed by atoms with E-state index in [4.69, 9.17) is 0 Å². The fourth-order valence-electron chi connectivity index (χ4n) is 2.18. The Labute approximate surface area is 130 Å². The fraction of sp³-hybridized carbons (Fsp3) is 0.200. The van der Waals surface area contributed by atoms with Crippen molar-refractivity contribution in [1.29, 1.82) is 0 Å². The molecule has 6 nitrogen and oxygen atoms in total. The highest BCUT2D eigenvalue weighted by Gasteiger charge is 2.10. The Kier molecular flexibility index (Phi) is 3.72. The number of hydrogen-bond donors (Lipinski definition) is 1. The molecule has 0 radical (unpaired) electrons. The molecule has 0 saturated heterocycles. The van der Waals surface area contributed by atoms with E-state index in [0.717, 1.165) is 11.3 Å². The van der Waals surface area contributed by atoms with Gasteiger partial charge in [-0.3, -0.25) is 14.2 Å². The maximum Gasteiger partial charge on any atom is 0.261 e. The molecule has 1 N–H and O–H groups in total. The van der Waals surface area contributed by atoms with Gasteiger partial charge in [0.25, 0.3) is 5.56 Å². The molecule has 0 atom stereocenters. The number of hydrogen-bond acceptors (Lipinski definition) is 5. The summed E-state index contributed by atoms with van der Waals surface area (Å²) in [5.74, 6) is -0.301. The maximum absolute atomic E-state index is 12.4. The molecule has 0 spiro atoms. The Bertz CT molecular complexity index is 913. The predicted octanol–water partition coefficient (Wildman–Crippen LogP) is 2.11. The van der Waals surface area contributed by atoms with Crippen molar-refractivity contribution in [2.45, 2.75) is 20.4 Å². The third-order valence-corrected chi connectivity index (χ3v) is 4.11. The minimum Gasteiger partial charge on any atom is -0.300 e. The molecule has 0 aliphatic rings. The summed E-state index contributed by atoms with van der Waals surface area (Å²) in [4.78, 5) is 32.9. The van der Waals surface area contributed by atoms with Gasteiger partial charge in [-0.05, 0) is 25.5 Å². The Morgan fingerprint density at radius 3 is 2.91 bits per heavy atom. The molecular weight excluding hydrogens is 300 g/mol. The van der Waals surface area contributed by atoms with E-state index in [1.807, 2.05) is 31.4 Å². The van der Waals surface area contributed by atoms with E-state index in [-0.39, 0.29) is 18.0 Å². The van der Waals surface area contributed by atoms with Crippen LogP contribution >= 0.6 is 11.3 Å². The molecule has 0 saturated carbocycles. The maximum atomic E-state index is 12.4. The first kappa shape index (κ1) is 14.4. The van der Waals surface area contributed by atoms with Crippen molar-refractivity contribution in [2.24, 2.45) is 0 Å². The van der Waals surface area contributed by atoms with Crippen LogP contribution in [0, 0.1) is 13.8 Å². The Hall–Kier alpha value is -2.54. The fourth-order valence-corrected chi connectivity index (χ4v) is 2.88. The summed E-state index contributed by atoms with van der Waals surface area (Å²) in [6, 6.07) is 5.43. The van der Waals surface area contributed by atoms with Crippen LogP contribution in [-0.2, 0) is 11.3 Å². The Balaban J connectivity index is 1.86. The molecule has 0 aliphatic carbocycles. The van der Waals surface area contributed by atoms with E-state index in [9.17, 15) is 9.59 Å². The number of thiazole rings is 1. The van der Waals surface area contributed by atoms with Gasteiger partial charge in [-0.1, -0.05) is 12.1 Å². The van der Waals surface area contributed by atoms with Gasteiger partial charge in [0.2, 0.25) is 5.91 Å². The molecule has 1 amide bonds. The molecule has 3 rings (SSSR count). The van der Waals surface area contributed by atoms with Crippen molar-refractivity contribution in [3.8, 4) is 0 Å². The van der Waals surface area contributed by atoms with Crippen molar-refractivity contribution in [1.82, 2.24) is 14.5 Å². The molecule has 112 valence electrons. The molecule has 22 heavy (non-hydrogen) atoms. The van der Waals surface area contributed by atoms with Crippen LogP contribution in [0.2, 0.25) is 0 Å². The van der Waals surface area contributed by atoms with E-state index >= 15 is 0 Å². The normalized spacial score (nSPS) is 10.8. The zero-order chi connectivity index (χ0) is 15.7. The van der Waals surface area contributed by atoms with Crippen LogP contribution in [0.15, 0.2) is 34.7 Å². The van der Waals surface area contributed by atoms with Crippen molar-refractivity contribution >= 4 is 33.3 Å². The van der Waals surface area contributed by atoms with Crippen LogP contribution in [-0.4, -0.2) is 20.4 Å². The molecule has 2 aromatic heterocycles. The smallest absolute Gasteiger partial charge is 0.261 e. The summed E-state index contributed by atoms with van der Waals surface area (Å²) in [5, 5.41) is 5.57. The summed E-state index contributed by atoms with van der Waals surface area (Å²) >= 11 is 1.35. The second-order valence-electron chi connectivity index (χ2n) is 4.99. The number of anilines is 1. The summed E-state index contributed by atoms with van der Waals surface area (Å²) in [6.45, 7) is 3.66. The number of fused-ring (bicyclic) bond motifs is 1. The summed E-state index contributed by atoms with van der Waals surface area (Å²) in [7, 11) is 0. The second kappa shape index (κ2) is 5.69. The quantitative estimate of drug-likeness (QED) is 0.803. The first-order valence-electron chi connectivity index (χ1n) is 6.71. The van der Waals surface area contributed by atoms with Crippen molar-refractivity contribution < 1.29 is 4.79 Å². The van der Waals surface area contributed by atoms with E-state index in [2.05, 4.69) is 15.3 Å². The number of aromatic nitrogens is 3. The van der Waals surface area contributed by atoms with Crippen LogP contribution in [0.4, 0.5) is 5.13 Å². The molecular formula is C15H14N4O2S. The molecule has 0 aliphatic heterocycles. The van der Waals surface area contributed by atoms with Gasteiger partial charge >= 0.3 is 0 Å². The van der Waals surface area contributed by atoms with E-state index in [1.54, 1.807) is 6.07 Å². The van der Waals surface area contributed by atoms with Gasteiger partial charge in [-0.15, -0.1) is 11.3 Å². The number of para-hydroxylation sites is 1. The van der Waals surface area contributed by atoms with Gasteiger partial charge in [-0.25, -0.2) is 9.97 Å². The molecule has 0 unspecified atom stereocenters. The monoisotopic (exact) mass is 314 g/mol. The topological polar surface area (TPSA) is 76.9 Å². The largest absolute Gasteiger partial charge is 0.300 e. The lowest BCUT2D eigenvalue weighted by molar-refractivity contribution is -0.116. The molecule has 0 bridgehead atoms. The van der Waals surface area contributed by atoms with Crippen LogP contribution in [0.3, 0.4) is 0 Å². The first-order valence-corrected chi connectivity index (χ1v) is 7.59. The van der Waals surface area contributed by atoms with Crippen LogP contribution in [0.1, 0.15) is 11.3 Å². The number of carbonyl (C=O) groups is 1. The SMILES string of the molecule is Cc1csc(NC(=O)Cn2cnc3c(C)cccc3c2=O)n1. The number of aryl methyl sites for hydroxylation is 2. The first-order chi connectivity index (χ1) is 10.5. The zero-order valence-corrected chi connectivity index (χ0v) is 13.0.